The van der Waals surface area contributed by atoms with Crippen molar-refractivity contribution in [3.63, 3.8) is 0 Å². The molecule has 0 unspecified atom stereocenters. The molecule has 0 aliphatic carbocycles. The van der Waals surface area contributed by atoms with Crippen molar-refractivity contribution in [1.82, 2.24) is 67.0 Å². The number of nitrogens with two attached hydrogens (primary N) is 1. The van der Waals surface area contributed by atoms with E-state index >= 15 is 0 Å². The first kappa shape index (κ1) is 75.4. The van der Waals surface area contributed by atoms with E-state index in [0.717, 1.165) is 15.7 Å². The molecule has 3 aromatic carbocycles. The minimum atomic E-state index is -1.31. The number of ether oxygens (including phenoxy) is 2. The molecule has 33 heteroatoms. The average Bonchev–Trinajstić information content (AvgIpc) is 1.53. The number of aliphatic carboxylic acids is 3. The summed E-state index contributed by atoms with van der Waals surface area (Å²) in [7, 11) is 1.36. The van der Waals surface area contributed by atoms with Crippen LogP contribution in [-0.4, -0.2) is 285 Å². The van der Waals surface area contributed by atoms with Gasteiger partial charge in [0, 0.05) is 91.9 Å². The maximum atomic E-state index is 14.6. The van der Waals surface area contributed by atoms with E-state index < -0.39 is 103 Å². The molecule has 15 N–H and O–H groups in total. The van der Waals surface area contributed by atoms with Gasteiger partial charge in [-0.3, -0.25) is 77.7 Å². The first-order chi connectivity index (χ1) is 44.4. The Kier molecular flexibility index (Phi) is 32.3. The number of carbonyl (C=O) groups is 11. The molecule has 2 heterocycles. The van der Waals surface area contributed by atoms with Crippen LogP contribution in [0.15, 0.2) is 60.7 Å². The first-order valence-electron chi connectivity index (χ1n) is 30.4. The van der Waals surface area contributed by atoms with Crippen molar-refractivity contribution in [2.24, 2.45) is 5.73 Å². The largest absolute Gasteiger partial charge is 0.507 e. The highest BCUT2D eigenvalue weighted by Gasteiger charge is 2.36. The van der Waals surface area contributed by atoms with Gasteiger partial charge < -0.3 is 83.1 Å². The van der Waals surface area contributed by atoms with E-state index in [2.05, 4.69) is 42.5 Å². The van der Waals surface area contributed by atoms with E-state index in [1.165, 1.54) is 13.1 Å². The molecule has 0 spiro atoms. The van der Waals surface area contributed by atoms with Crippen molar-refractivity contribution < 1.29 is 82.6 Å². The molecule has 5 rings (SSSR count). The van der Waals surface area contributed by atoms with Crippen LogP contribution in [-0.2, 0) is 75.1 Å². The van der Waals surface area contributed by atoms with Crippen molar-refractivity contribution in [1.29, 1.82) is 5.41 Å². The second-order valence-electron chi connectivity index (χ2n) is 22.4. The first-order valence-corrected chi connectivity index (χ1v) is 31.5. The van der Waals surface area contributed by atoms with Crippen molar-refractivity contribution in [2.45, 2.75) is 62.7 Å². The number of rotatable bonds is 30. The summed E-state index contributed by atoms with van der Waals surface area (Å²) in [6.07, 6.45) is 0.0937. The molecular formula is C60H86IN15O17. The normalized spacial score (nSPS) is 19.0. The van der Waals surface area contributed by atoms with Gasteiger partial charge in [0.1, 0.15) is 36.5 Å². The van der Waals surface area contributed by atoms with Crippen LogP contribution in [0.2, 0.25) is 0 Å². The number of hydrogen-bond acceptors (Lipinski definition) is 19. The zero-order chi connectivity index (χ0) is 67.8. The lowest BCUT2D eigenvalue weighted by Gasteiger charge is -2.32. The van der Waals surface area contributed by atoms with E-state index in [0.29, 0.717) is 14.7 Å². The number of nitrogens with one attached hydrogen (secondary N) is 9. The summed E-state index contributed by atoms with van der Waals surface area (Å²) < 4.78 is 11.4. The maximum absolute atomic E-state index is 14.6. The molecule has 0 radical (unpaired) electrons. The Morgan fingerprint density at radius 1 is 0.591 bits per heavy atom. The summed E-state index contributed by atoms with van der Waals surface area (Å²) in [5, 5.41) is 69.4. The zero-order valence-corrected chi connectivity index (χ0v) is 54.1. The Morgan fingerprint density at radius 2 is 1.13 bits per heavy atom. The van der Waals surface area contributed by atoms with Crippen LogP contribution in [0.25, 0.3) is 10.8 Å². The molecule has 93 heavy (non-hydrogen) atoms. The molecule has 2 saturated heterocycles. The number of carboxylic acids is 3. The average molecular weight is 1420 g/mol. The van der Waals surface area contributed by atoms with Gasteiger partial charge in [-0.25, -0.2) is 0 Å². The topological polar surface area (TPSA) is 449 Å². The van der Waals surface area contributed by atoms with Gasteiger partial charge in [0.05, 0.1) is 62.7 Å². The third-order valence-electron chi connectivity index (χ3n) is 15.1. The second kappa shape index (κ2) is 39.9. The number of hydrogen-bond donors (Lipinski definition) is 14. The number of likely N-dealkylation sites (N-methyl/N-ethyl adjacent to an activating group) is 1. The summed E-state index contributed by atoms with van der Waals surface area (Å²) in [5.74, 6) is -8.81. The van der Waals surface area contributed by atoms with Gasteiger partial charge in [0.2, 0.25) is 47.3 Å². The van der Waals surface area contributed by atoms with E-state index in [9.17, 15) is 73.2 Å². The van der Waals surface area contributed by atoms with Crippen LogP contribution in [0, 0.1) is 8.98 Å². The molecule has 3 aromatic rings. The van der Waals surface area contributed by atoms with Crippen molar-refractivity contribution in [3.05, 3.63) is 75.4 Å². The smallest absolute Gasteiger partial charge is 0.317 e. The Balaban J connectivity index is 1.13. The van der Waals surface area contributed by atoms with Crippen LogP contribution in [0.1, 0.15) is 36.8 Å². The number of halogens is 1. The summed E-state index contributed by atoms with van der Waals surface area (Å²) in [6, 6.07) is 12.6. The summed E-state index contributed by atoms with van der Waals surface area (Å²) >= 11 is 1.92. The third-order valence-corrected chi connectivity index (χ3v) is 16.0. The molecule has 2 fully saturated rings. The Morgan fingerprint density at radius 3 is 1.74 bits per heavy atom. The van der Waals surface area contributed by atoms with Crippen LogP contribution in [0.5, 0.6) is 5.75 Å². The molecule has 32 nitrogen and oxygen atoms in total. The fraction of sp³-hybridized carbons (Fsp3) is 0.533. The zero-order valence-electron chi connectivity index (χ0n) is 52.0. The second-order valence-corrected chi connectivity index (χ2v) is 23.5. The Labute approximate surface area is 551 Å². The minimum Gasteiger partial charge on any atom is -0.507 e. The summed E-state index contributed by atoms with van der Waals surface area (Å²) in [4.78, 5) is 152. The Hall–Kier alpha value is -8.35. The number of benzene rings is 3. The SMILES string of the molecule is CN1C(=O)[C@@H](Cc2ccc(O)c(I)c2)NC(=O)CNC(=O)[C@H](Cc2ccc3ccccc3c2)NC(=O)[C@H](CCCNC(=N)N)NC(=O)[C@H]1CCCNC(=O)CNC(=O)COCCOCCNC(=O)CN1CCN(CC(=O)O)CCN(CC(=O)O)CCN(CC(=O)O)CC1. The highest BCUT2D eigenvalue weighted by atomic mass is 127. The molecule has 2 aliphatic heterocycles. The quantitative estimate of drug-likeness (QED) is 0.0132. The van der Waals surface area contributed by atoms with Gasteiger partial charge >= 0.3 is 17.9 Å². The van der Waals surface area contributed by atoms with Gasteiger partial charge in [0.15, 0.2) is 5.96 Å². The van der Waals surface area contributed by atoms with E-state index in [1.807, 2.05) is 65.1 Å². The van der Waals surface area contributed by atoms with Gasteiger partial charge in [-0.2, -0.15) is 0 Å². The standard InChI is InChI=1S/C60H86IN15O17/c1-72-47(9-5-14-64-49(78)32-67-52(81)38-93-27-26-92-25-16-65-51(80)34-73-17-19-74(35-53(82)83)21-23-76(37-55(86)87)24-22-75(20-18-73)36-54(84)85)58(90)70-44(8-4-15-66-60(62)63)57(89)71-45(30-39-10-12-41-6-2-3-7-42(41)28-39)56(88)68-33-50(79)69-46(59(72)91)31-40-11-13-48(77)43(61)29-40/h2-3,6-7,10-13,28-29,44-47,77H,4-5,8-9,14-27,30-38H2,1H3,(H,64,78)(H,65,80)(H,67,81)(H,68,88)(H,69,79)(H,70,90)(H,71,89)(H,82,83)(H,84,85)(H,86,87)(H4,62,63,66)/t44-,45-,46+,47+/m0/s1. The van der Waals surface area contributed by atoms with Crippen LogP contribution in [0.3, 0.4) is 0 Å². The summed E-state index contributed by atoms with van der Waals surface area (Å²) in [6.45, 7) is -0.130. The fourth-order valence-electron chi connectivity index (χ4n) is 10.2. The highest BCUT2D eigenvalue weighted by Crippen LogP contribution is 2.22. The molecule has 510 valence electrons. The lowest BCUT2D eigenvalue weighted by molar-refractivity contribution is -0.142. The van der Waals surface area contributed by atoms with Crippen LogP contribution in [0.4, 0.5) is 0 Å². The van der Waals surface area contributed by atoms with E-state index in [4.69, 9.17) is 20.6 Å². The van der Waals surface area contributed by atoms with E-state index in [1.54, 1.807) is 31.7 Å². The molecule has 0 saturated carbocycles. The minimum absolute atomic E-state index is 0.00940. The van der Waals surface area contributed by atoms with Crippen molar-refractivity contribution in [2.75, 3.05) is 145 Å². The van der Waals surface area contributed by atoms with E-state index in [-0.39, 0.29) is 174 Å². The molecule has 8 amide bonds. The fourth-order valence-corrected chi connectivity index (χ4v) is 10.8. The molecule has 0 aromatic heterocycles. The van der Waals surface area contributed by atoms with Gasteiger partial charge in [-0.1, -0.05) is 48.5 Å². The van der Waals surface area contributed by atoms with Crippen LogP contribution < -0.4 is 48.3 Å². The number of phenolic OH excluding ortho intramolecular Hbond substituents is 1. The monoisotopic (exact) mass is 1420 g/mol. The number of carboxylic acid groups (broad SMARTS) is 3. The van der Waals surface area contributed by atoms with Crippen molar-refractivity contribution >= 4 is 104 Å². The van der Waals surface area contributed by atoms with Gasteiger partial charge in [0.25, 0.3) is 0 Å². The van der Waals surface area contributed by atoms with Gasteiger partial charge in [-0.15, -0.1) is 0 Å². The number of carbonyl (C=O) groups excluding carboxylic acids is 8. The molecule has 4 atom stereocenters. The lowest BCUT2D eigenvalue weighted by atomic mass is 10.00. The number of phenols is 1. The van der Waals surface area contributed by atoms with Gasteiger partial charge in [-0.05, 0) is 82.3 Å². The van der Waals surface area contributed by atoms with Crippen LogP contribution >= 0.6 is 22.6 Å². The summed E-state index contributed by atoms with van der Waals surface area (Å²) in [5.41, 5.74) is 6.73. The Bertz CT molecular complexity index is 3040. The maximum Gasteiger partial charge on any atom is 0.317 e. The number of amides is 8. The number of aromatic hydroxyl groups is 1. The van der Waals surface area contributed by atoms with Crippen molar-refractivity contribution in [3.8, 4) is 5.75 Å². The predicted octanol–water partition coefficient (Wildman–Crippen LogP) is -3.75. The molecule has 2 aliphatic rings. The molecular weight excluding hydrogens is 1330 g/mol. The number of nitrogens with zero attached hydrogens (tertiary/aromatic N) is 5. The lowest BCUT2D eigenvalue weighted by Crippen LogP contribution is -2.58. The third kappa shape index (κ3) is 28.6. The predicted molar refractivity (Wildman–Crippen MR) is 345 cm³/mol. The number of guanidine groups is 1. The number of fused-ring (bicyclic) bond motifs is 1. The highest BCUT2D eigenvalue weighted by molar-refractivity contribution is 14.1. The molecule has 0 bridgehead atoms.